The maximum Gasteiger partial charge on any atom is 0.144 e. The van der Waals surface area contributed by atoms with Gasteiger partial charge in [-0.05, 0) is 72.7 Å². The number of rotatable bonds is 10. The molecule has 0 amide bonds. The molecule has 0 radical (unpaired) electrons. The second-order valence-corrected chi connectivity index (χ2v) is 7.10. The van der Waals surface area contributed by atoms with Crippen molar-refractivity contribution in [3.63, 3.8) is 0 Å². The summed E-state index contributed by atoms with van der Waals surface area (Å²) in [7, 11) is 0. The van der Waals surface area contributed by atoms with Gasteiger partial charge in [0.2, 0.25) is 0 Å². The third-order valence-electron chi connectivity index (χ3n) is 4.14. The largest absolute Gasteiger partial charge is 0.493 e. The van der Waals surface area contributed by atoms with Crippen molar-refractivity contribution in [3.05, 3.63) is 45.8 Å². The number of hydrogen-bond acceptors (Lipinski definition) is 4. The van der Waals surface area contributed by atoms with E-state index in [2.05, 4.69) is 63.3 Å². The summed E-state index contributed by atoms with van der Waals surface area (Å²) in [6.07, 6.45) is 7.25. The molecule has 0 fully saturated rings. The molecule has 0 unspecified atom stereocenters. The Morgan fingerprint density at radius 2 is 1.96 bits per heavy atom. The van der Waals surface area contributed by atoms with Crippen molar-refractivity contribution >= 4 is 21.7 Å². The number of nitrogens with one attached hydrogen (secondary N) is 1. The van der Waals surface area contributed by atoms with Crippen molar-refractivity contribution in [2.75, 3.05) is 18.5 Å². The number of anilines is 1. The Morgan fingerprint density at radius 3 is 2.72 bits per heavy atom. The molecule has 1 aromatic carbocycles. The van der Waals surface area contributed by atoms with Crippen LogP contribution >= 0.6 is 15.9 Å². The van der Waals surface area contributed by atoms with Gasteiger partial charge in [-0.25, -0.2) is 9.97 Å². The number of nitrogens with zero attached hydrogens (tertiary/aromatic N) is 2. The standard InChI is InChI=1S/C20H28BrN3O/c1-4-5-8-17-9-10-18(15(2)13-17)25-12-7-6-11-22-20-19(21)16(3)23-14-24-20/h9-10,13-14H,4-8,11-12H2,1-3H3,(H,22,23,24). The van der Waals surface area contributed by atoms with E-state index >= 15 is 0 Å². The molecule has 25 heavy (non-hydrogen) atoms. The van der Waals surface area contributed by atoms with E-state index < -0.39 is 0 Å². The first-order chi connectivity index (χ1) is 12.1. The number of aromatic nitrogens is 2. The molecule has 0 aliphatic carbocycles. The highest BCUT2D eigenvalue weighted by Gasteiger charge is 2.04. The Bertz CT molecular complexity index is 676. The van der Waals surface area contributed by atoms with Gasteiger partial charge in [-0.3, -0.25) is 0 Å². The average molecular weight is 406 g/mol. The molecule has 0 saturated carbocycles. The summed E-state index contributed by atoms with van der Waals surface area (Å²) in [6, 6.07) is 6.55. The van der Waals surface area contributed by atoms with Crippen LogP contribution in [0.2, 0.25) is 0 Å². The molecule has 2 aromatic rings. The van der Waals surface area contributed by atoms with Crippen LogP contribution < -0.4 is 10.1 Å². The van der Waals surface area contributed by atoms with Crippen LogP contribution in [0.1, 0.15) is 49.4 Å². The average Bonchev–Trinajstić information content (AvgIpc) is 2.61. The van der Waals surface area contributed by atoms with E-state index in [0.29, 0.717) is 0 Å². The monoisotopic (exact) mass is 405 g/mol. The van der Waals surface area contributed by atoms with E-state index in [-0.39, 0.29) is 0 Å². The molecule has 4 nitrogen and oxygen atoms in total. The van der Waals surface area contributed by atoms with Crippen LogP contribution in [0.4, 0.5) is 5.82 Å². The third kappa shape index (κ3) is 6.31. The highest BCUT2D eigenvalue weighted by molar-refractivity contribution is 9.10. The highest BCUT2D eigenvalue weighted by atomic mass is 79.9. The normalized spacial score (nSPS) is 10.7. The first kappa shape index (κ1) is 19.7. The molecule has 0 spiro atoms. The Kier molecular flexibility index (Phi) is 8.19. The van der Waals surface area contributed by atoms with Crippen LogP contribution in [-0.2, 0) is 6.42 Å². The van der Waals surface area contributed by atoms with Gasteiger partial charge in [-0.15, -0.1) is 0 Å². The Hall–Kier alpha value is -1.62. The second kappa shape index (κ2) is 10.4. The zero-order chi connectivity index (χ0) is 18.1. The van der Waals surface area contributed by atoms with Crippen molar-refractivity contribution in [1.29, 1.82) is 0 Å². The van der Waals surface area contributed by atoms with Crippen molar-refractivity contribution in [1.82, 2.24) is 9.97 Å². The van der Waals surface area contributed by atoms with Gasteiger partial charge in [0.25, 0.3) is 0 Å². The summed E-state index contributed by atoms with van der Waals surface area (Å²) in [5, 5.41) is 3.34. The van der Waals surface area contributed by atoms with Crippen LogP contribution in [0.25, 0.3) is 0 Å². The Morgan fingerprint density at radius 1 is 1.12 bits per heavy atom. The SMILES string of the molecule is CCCCc1ccc(OCCCCNc2ncnc(C)c2Br)c(C)c1. The van der Waals surface area contributed by atoms with Crippen molar-refractivity contribution < 1.29 is 4.74 Å². The number of halogens is 1. The number of ether oxygens (including phenoxy) is 1. The number of unbranched alkanes of at least 4 members (excludes halogenated alkanes) is 2. The molecule has 0 aliphatic heterocycles. The number of benzene rings is 1. The van der Waals surface area contributed by atoms with E-state index in [1.54, 1.807) is 6.33 Å². The minimum absolute atomic E-state index is 0.737. The maximum absolute atomic E-state index is 5.93. The molecule has 5 heteroatoms. The minimum Gasteiger partial charge on any atom is -0.493 e. The van der Waals surface area contributed by atoms with Gasteiger partial charge < -0.3 is 10.1 Å². The zero-order valence-electron chi connectivity index (χ0n) is 15.4. The van der Waals surface area contributed by atoms with E-state index in [1.807, 2.05) is 6.92 Å². The van der Waals surface area contributed by atoms with Crippen LogP contribution in [0.15, 0.2) is 29.0 Å². The quantitative estimate of drug-likeness (QED) is 0.532. The molecule has 0 atom stereocenters. The summed E-state index contributed by atoms with van der Waals surface area (Å²) in [4.78, 5) is 8.39. The fourth-order valence-electron chi connectivity index (χ4n) is 2.61. The van der Waals surface area contributed by atoms with Gasteiger partial charge in [0, 0.05) is 6.54 Å². The molecule has 1 aromatic heterocycles. The van der Waals surface area contributed by atoms with Crippen LogP contribution in [-0.4, -0.2) is 23.1 Å². The van der Waals surface area contributed by atoms with Crippen molar-refractivity contribution in [2.24, 2.45) is 0 Å². The van der Waals surface area contributed by atoms with E-state index in [0.717, 1.165) is 54.1 Å². The molecule has 1 heterocycles. The fraction of sp³-hybridized carbons (Fsp3) is 0.500. The van der Waals surface area contributed by atoms with Crippen molar-refractivity contribution in [2.45, 2.75) is 52.9 Å². The lowest BCUT2D eigenvalue weighted by molar-refractivity contribution is 0.306. The number of aryl methyl sites for hydroxylation is 3. The Labute approximate surface area is 159 Å². The lowest BCUT2D eigenvalue weighted by Crippen LogP contribution is -2.07. The predicted molar refractivity (Wildman–Crippen MR) is 107 cm³/mol. The number of hydrogen-bond donors (Lipinski definition) is 1. The van der Waals surface area contributed by atoms with E-state index in [9.17, 15) is 0 Å². The lowest BCUT2D eigenvalue weighted by Gasteiger charge is -2.11. The summed E-state index contributed by atoms with van der Waals surface area (Å²) in [6.45, 7) is 7.92. The molecule has 136 valence electrons. The van der Waals surface area contributed by atoms with Crippen molar-refractivity contribution in [3.8, 4) is 5.75 Å². The van der Waals surface area contributed by atoms with Crippen LogP contribution in [0.5, 0.6) is 5.75 Å². The topological polar surface area (TPSA) is 47.0 Å². The third-order valence-corrected chi connectivity index (χ3v) is 5.09. The van der Waals surface area contributed by atoms with Gasteiger partial charge in [0.05, 0.1) is 16.8 Å². The zero-order valence-corrected chi connectivity index (χ0v) is 17.0. The summed E-state index contributed by atoms with van der Waals surface area (Å²) < 4.78 is 6.86. The first-order valence-corrected chi connectivity index (χ1v) is 9.84. The molecule has 0 aliphatic rings. The molecular formula is C20H28BrN3O. The van der Waals surface area contributed by atoms with Crippen LogP contribution in [0, 0.1) is 13.8 Å². The highest BCUT2D eigenvalue weighted by Crippen LogP contribution is 2.22. The molecule has 0 bridgehead atoms. The molecular weight excluding hydrogens is 378 g/mol. The van der Waals surface area contributed by atoms with Gasteiger partial charge in [-0.1, -0.05) is 25.5 Å². The summed E-state index contributed by atoms with van der Waals surface area (Å²) in [5.74, 6) is 1.86. The van der Waals surface area contributed by atoms with Gasteiger partial charge >= 0.3 is 0 Å². The molecule has 1 N–H and O–H groups in total. The van der Waals surface area contributed by atoms with Gasteiger partial charge in [-0.2, -0.15) is 0 Å². The molecule has 0 saturated heterocycles. The van der Waals surface area contributed by atoms with Gasteiger partial charge in [0.1, 0.15) is 17.9 Å². The fourth-order valence-corrected chi connectivity index (χ4v) is 2.95. The smallest absolute Gasteiger partial charge is 0.144 e. The Balaban J connectivity index is 1.68. The lowest BCUT2D eigenvalue weighted by atomic mass is 10.1. The first-order valence-electron chi connectivity index (χ1n) is 9.05. The van der Waals surface area contributed by atoms with Gasteiger partial charge in [0.15, 0.2) is 0 Å². The van der Waals surface area contributed by atoms with E-state index in [1.165, 1.54) is 24.0 Å². The summed E-state index contributed by atoms with van der Waals surface area (Å²) >= 11 is 3.51. The second-order valence-electron chi connectivity index (χ2n) is 6.31. The molecule has 2 rings (SSSR count). The van der Waals surface area contributed by atoms with E-state index in [4.69, 9.17) is 4.74 Å². The minimum atomic E-state index is 0.737. The van der Waals surface area contributed by atoms with Crippen LogP contribution in [0.3, 0.4) is 0 Å². The summed E-state index contributed by atoms with van der Waals surface area (Å²) in [5.41, 5.74) is 3.58. The predicted octanol–water partition coefficient (Wildman–Crippen LogP) is 5.47. The maximum atomic E-state index is 5.93.